The van der Waals surface area contributed by atoms with Gasteiger partial charge in [0.05, 0.1) is 0 Å². The van der Waals surface area contributed by atoms with Crippen molar-refractivity contribution >= 4 is 17.2 Å². The van der Waals surface area contributed by atoms with Crippen molar-refractivity contribution in [2.24, 2.45) is 11.7 Å². The molecule has 1 saturated heterocycles. The number of rotatable bonds is 7. The summed E-state index contributed by atoms with van der Waals surface area (Å²) in [6.07, 6.45) is 1.31. The van der Waals surface area contributed by atoms with Crippen molar-refractivity contribution in [2.75, 3.05) is 46.9 Å². The molecule has 1 heterocycles. The minimum Gasteiger partial charge on any atom is -0.492 e. The van der Waals surface area contributed by atoms with Crippen LogP contribution in [-0.4, -0.2) is 61.7 Å². The third kappa shape index (κ3) is 5.26. The van der Waals surface area contributed by atoms with Crippen LogP contribution in [0.15, 0.2) is 24.3 Å². The van der Waals surface area contributed by atoms with E-state index >= 15 is 0 Å². The molecular formula is C16H25N3OS. The number of benzene rings is 1. The van der Waals surface area contributed by atoms with Crippen LogP contribution in [0.1, 0.15) is 12.0 Å². The molecule has 1 fully saturated rings. The molecule has 0 amide bonds. The Kier molecular flexibility index (Phi) is 5.96. The van der Waals surface area contributed by atoms with Crippen LogP contribution in [0.25, 0.3) is 0 Å². The molecule has 0 spiro atoms. The van der Waals surface area contributed by atoms with E-state index in [-0.39, 0.29) is 0 Å². The van der Waals surface area contributed by atoms with Crippen LogP contribution in [0, 0.1) is 5.92 Å². The summed E-state index contributed by atoms with van der Waals surface area (Å²) < 4.78 is 5.76. The maximum atomic E-state index is 5.76. The van der Waals surface area contributed by atoms with Crippen molar-refractivity contribution in [3.63, 3.8) is 0 Å². The second kappa shape index (κ2) is 7.73. The van der Waals surface area contributed by atoms with Crippen LogP contribution < -0.4 is 10.5 Å². The first kappa shape index (κ1) is 16.2. The average Bonchev–Trinajstić information content (AvgIpc) is 2.84. The number of likely N-dealkylation sites (tertiary alicyclic amines) is 1. The zero-order valence-electron chi connectivity index (χ0n) is 12.9. The van der Waals surface area contributed by atoms with Gasteiger partial charge in [-0.3, -0.25) is 0 Å². The fourth-order valence-corrected chi connectivity index (χ4v) is 2.88. The summed E-state index contributed by atoms with van der Waals surface area (Å²) in [6.45, 7) is 5.23. The van der Waals surface area contributed by atoms with Crippen molar-refractivity contribution in [1.82, 2.24) is 9.80 Å². The topological polar surface area (TPSA) is 41.7 Å². The summed E-state index contributed by atoms with van der Waals surface area (Å²) in [5.41, 5.74) is 6.45. The van der Waals surface area contributed by atoms with E-state index < -0.39 is 0 Å². The fourth-order valence-electron chi connectivity index (χ4n) is 2.74. The molecule has 0 radical (unpaired) electrons. The molecule has 2 N–H and O–H groups in total. The van der Waals surface area contributed by atoms with Gasteiger partial charge in [-0.05, 0) is 57.2 Å². The van der Waals surface area contributed by atoms with Crippen LogP contribution in [0.4, 0.5) is 0 Å². The van der Waals surface area contributed by atoms with Crippen molar-refractivity contribution in [3.8, 4) is 5.75 Å². The lowest BCUT2D eigenvalue weighted by Crippen LogP contribution is -2.30. The van der Waals surface area contributed by atoms with Crippen molar-refractivity contribution in [3.05, 3.63) is 29.8 Å². The van der Waals surface area contributed by atoms with E-state index in [0.29, 0.717) is 11.6 Å². The first-order valence-electron chi connectivity index (χ1n) is 7.44. The number of nitrogens with two attached hydrogens (primary N) is 1. The molecule has 0 aliphatic carbocycles. The smallest absolute Gasteiger partial charge is 0.119 e. The van der Waals surface area contributed by atoms with E-state index in [9.17, 15) is 0 Å². The van der Waals surface area contributed by atoms with Gasteiger partial charge in [-0.1, -0.05) is 12.2 Å². The summed E-state index contributed by atoms with van der Waals surface area (Å²) in [5, 5.41) is 0. The van der Waals surface area contributed by atoms with E-state index in [1.54, 1.807) is 0 Å². The molecule has 1 aliphatic rings. The summed E-state index contributed by atoms with van der Waals surface area (Å²) >= 11 is 4.93. The fraction of sp³-hybridized carbons (Fsp3) is 0.562. The highest BCUT2D eigenvalue weighted by atomic mass is 32.1. The van der Waals surface area contributed by atoms with Crippen molar-refractivity contribution < 1.29 is 4.74 Å². The summed E-state index contributed by atoms with van der Waals surface area (Å²) in [7, 11) is 4.36. The van der Waals surface area contributed by atoms with Gasteiger partial charge in [0, 0.05) is 25.2 Å². The number of hydrogen-bond donors (Lipinski definition) is 1. The molecule has 2 rings (SSSR count). The van der Waals surface area contributed by atoms with Gasteiger partial charge in [0.1, 0.15) is 17.3 Å². The predicted octanol–water partition coefficient (Wildman–Crippen LogP) is 1.58. The summed E-state index contributed by atoms with van der Waals surface area (Å²) in [5.74, 6) is 1.66. The first-order chi connectivity index (χ1) is 10.0. The quantitative estimate of drug-likeness (QED) is 0.775. The molecule has 4 nitrogen and oxygen atoms in total. The van der Waals surface area contributed by atoms with Gasteiger partial charge in [0.25, 0.3) is 0 Å². The van der Waals surface area contributed by atoms with Crippen molar-refractivity contribution in [1.29, 1.82) is 0 Å². The minimum atomic E-state index is 0.419. The van der Waals surface area contributed by atoms with Crippen LogP contribution in [0.2, 0.25) is 0 Å². The van der Waals surface area contributed by atoms with Gasteiger partial charge in [0.15, 0.2) is 0 Å². The third-order valence-electron chi connectivity index (χ3n) is 3.94. The van der Waals surface area contributed by atoms with Gasteiger partial charge in [-0.2, -0.15) is 0 Å². The van der Waals surface area contributed by atoms with Gasteiger partial charge < -0.3 is 20.3 Å². The van der Waals surface area contributed by atoms with Crippen LogP contribution in [0.5, 0.6) is 5.75 Å². The van der Waals surface area contributed by atoms with Crippen LogP contribution in [0.3, 0.4) is 0 Å². The van der Waals surface area contributed by atoms with Crippen molar-refractivity contribution in [2.45, 2.75) is 6.42 Å². The Bertz CT molecular complexity index is 463. The minimum absolute atomic E-state index is 0.419. The SMILES string of the molecule is CN(CCOc1ccc(C(N)=S)cc1)CC1CCN(C)C1. The average molecular weight is 307 g/mol. The lowest BCUT2D eigenvalue weighted by Gasteiger charge is -2.21. The molecule has 1 unspecified atom stereocenters. The van der Waals surface area contributed by atoms with E-state index in [4.69, 9.17) is 22.7 Å². The third-order valence-corrected chi connectivity index (χ3v) is 4.18. The second-order valence-corrected chi connectivity index (χ2v) is 6.36. The van der Waals surface area contributed by atoms with Crippen LogP contribution in [-0.2, 0) is 0 Å². The zero-order chi connectivity index (χ0) is 15.2. The van der Waals surface area contributed by atoms with E-state index in [0.717, 1.165) is 30.3 Å². The number of likely N-dealkylation sites (N-methyl/N-ethyl adjacent to an activating group) is 1. The second-order valence-electron chi connectivity index (χ2n) is 5.92. The molecule has 1 atom stereocenters. The monoisotopic (exact) mass is 307 g/mol. The van der Waals surface area contributed by atoms with Crippen LogP contribution >= 0.6 is 12.2 Å². The molecule has 0 bridgehead atoms. The Morgan fingerprint density at radius 3 is 2.71 bits per heavy atom. The summed E-state index contributed by atoms with van der Waals surface area (Å²) in [6, 6.07) is 7.63. The molecule has 1 aromatic rings. The van der Waals surface area contributed by atoms with E-state index in [1.807, 2.05) is 24.3 Å². The molecule has 0 aromatic heterocycles. The Morgan fingerprint density at radius 1 is 1.43 bits per heavy atom. The Labute approximate surface area is 132 Å². The zero-order valence-corrected chi connectivity index (χ0v) is 13.7. The van der Waals surface area contributed by atoms with Gasteiger partial charge in [-0.25, -0.2) is 0 Å². The molecular weight excluding hydrogens is 282 g/mol. The standard InChI is InChI=1S/C16H25N3OS/c1-18-8-7-13(11-18)12-19(2)9-10-20-15-5-3-14(4-6-15)16(17)21/h3-6,13H,7-12H2,1-2H3,(H2,17,21). The van der Waals surface area contributed by atoms with Gasteiger partial charge in [-0.15, -0.1) is 0 Å². The highest BCUT2D eigenvalue weighted by molar-refractivity contribution is 7.80. The molecule has 1 aromatic carbocycles. The number of thiocarbonyl (C=S) groups is 1. The lowest BCUT2D eigenvalue weighted by molar-refractivity contribution is 0.215. The largest absolute Gasteiger partial charge is 0.492 e. The normalized spacial score (nSPS) is 19.1. The number of ether oxygens (including phenoxy) is 1. The summed E-state index contributed by atoms with van der Waals surface area (Å²) in [4.78, 5) is 5.17. The highest BCUT2D eigenvalue weighted by Crippen LogP contribution is 2.15. The predicted molar refractivity (Wildman–Crippen MR) is 90.9 cm³/mol. The highest BCUT2D eigenvalue weighted by Gasteiger charge is 2.20. The molecule has 21 heavy (non-hydrogen) atoms. The number of nitrogens with zero attached hydrogens (tertiary/aromatic N) is 2. The molecule has 1 aliphatic heterocycles. The van der Waals surface area contributed by atoms with Gasteiger partial charge in [0.2, 0.25) is 0 Å². The maximum Gasteiger partial charge on any atom is 0.119 e. The molecule has 116 valence electrons. The van der Waals surface area contributed by atoms with E-state index in [1.165, 1.54) is 19.5 Å². The Balaban J connectivity index is 1.67. The Hall–Kier alpha value is -1.17. The lowest BCUT2D eigenvalue weighted by atomic mass is 10.1. The maximum absolute atomic E-state index is 5.76. The van der Waals surface area contributed by atoms with Gasteiger partial charge >= 0.3 is 0 Å². The first-order valence-corrected chi connectivity index (χ1v) is 7.85. The molecule has 0 saturated carbocycles. The van der Waals surface area contributed by atoms with E-state index in [2.05, 4.69) is 23.9 Å². The Morgan fingerprint density at radius 2 is 2.14 bits per heavy atom. The number of hydrogen-bond acceptors (Lipinski definition) is 4. The molecule has 5 heteroatoms.